The van der Waals surface area contributed by atoms with Crippen molar-refractivity contribution >= 4 is 34.1 Å². The van der Waals surface area contributed by atoms with Crippen molar-refractivity contribution in [3.8, 4) is 11.5 Å². The Hall–Kier alpha value is -3.62. The number of aromatic nitrogens is 3. The van der Waals surface area contributed by atoms with E-state index in [-0.39, 0.29) is 12.0 Å². The highest BCUT2D eigenvalue weighted by Gasteiger charge is 2.30. The molecule has 1 saturated carbocycles. The molecular weight excluding hydrogens is 480 g/mol. The van der Waals surface area contributed by atoms with E-state index in [4.69, 9.17) is 9.47 Å². The van der Waals surface area contributed by atoms with Crippen molar-refractivity contribution in [2.75, 3.05) is 43.5 Å². The van der Waals surface area contributed by atoms with Gasteiger partial charge in [0.05, 0.1) is 18.8 Å². The van der Waals surface area contributed by atoms with Crippen LogP contribution in [0.25, 0.3) is 10.9 Å². The zero-order chi connectivity index (χ0) is 26.5. The summed E-state index contributed by atoms with van der Waals surface area (Å²) in [6.45, 7) is 7.50. The number of fused-ring (bicyclic) bond motifs is 1. The van der Waals surface area contributed by atoms with E-state index in [0.29, 0.717) is 23.2 Å². The van der Waals surface area contributed by atoms with Gasteiger partial charge in [0.2, 0.25) is 5.91 Å². The number of amides is 1. The van der Waals surface area contributed by atoms with Crippen LogP contribution < -0.4 is 19.7 Å². The lowest BCUT2D eigenvalue weighted by atomic mass is 10.0. The molecule has 2 aliphatic rings. The zero-order valence-electron chi connectivity index (χ0n) is 22.7. The van der Waals surface area contributed by atoms with Crippen molar-refractivity contribution in [3.63, 3.8) is 0 Å². The number of ether oxygens (including phenoxy) is 2. The zero-order valence-corrected chi connectivity index (χ0v) is 22.7. The maximum atomic E-state index is 12.8. The van der Waals surface area contributed by atoms with E-state index in [1.807, 2.05) is 29.2 Å². The summed E-state index contributed by atoms with van der Waals surface area (Å²) in [5.74, 6) is 3.55. The van der Waals surface area contributed by atoms with Gasteiger partial charge in [-0.15, -0.1) is 0 Å². The summed E-state index contributed by atoms with van der Waals surface area (Å²) in [5, 5.41) is 4.33. The number of likely N-dealkylation sites (tertiary alicyclic amines) is 1. The number of methoxy groups -OCH3 is 1. The number of carbonyl (C=O) groups is 1. The molecule has 0 spiro atoms. The minimum Gasteiger partial charge on any atom is -0.493 e. The Morgan fingerprint density at radius 1 is 1.03 bits per heavy atom. The van der Waals surface area contributed by atoms with E-state index in [1.54, 1.807) is 19.6 Å². The molecule has 0 radical (unpaired) electrons. The van der Waals surface area contributed by atoms with Gasteiger partial charge in [0.25, 0.3) is 0 Å². The standard InChI is InChI=1S/C29H38N6O3/c1-4-34(5-2)27-17-23-24(18-30-27)31-19-32-28(23)33-21-10-11-25(26(16-21)37-3)38-22-12-14-35(15-13-22)29(36)20-8-6-7-9-20/h10-11,16-20,22H,4-9,12-15H2,1-3H3,(H,31,32,33). The molecule has 0 bridgehead atoms. The topological polar surface area (TPSA) is 92.7 Å². The molecule has 3 heterocycles. The number of nitrogens with one attached hydrogen (secondary N) is 1. The van der Waals surface area contributed by atoms with Crippen LogP contribution in [0.5, 0.6) is 11.5 Å². The van der Waals surface area contributed by atoms with Gasteiger partial charge in [0, 0.05) is 62.1 Å². The van der Waals surface area contributed by atoms with Crippen LogP contribution in [0.4, 0.5) is 17.3 Å². The molecule has 1 saturated heterocycles. The van der Waals surface area contributed by atoms with E-state index in [0.717, 1.165) is 74.3 Å². The monoisotopic (exact) mass is 518 g/mol. The SMILES string of the molecule is CCN(CC)c1cc2c(Nc3ccc(OC4CCN(C(=O)C5CCCC5)CC4)c(OC)c3)ncnc2cn1. The van der Waals surface area contributed by atoms with Crippen LogP contribution in [0.1, 0.15) is 52.4 Å². The molecule has 38 heavy (non-hydrogen) atoms. The first-order valence-corrected chi connectivity index (χ1v) is 13.9. The van der Waals surface area contributed by atoms with Crippen LogP contribution in [0, 0.1) is 5.92 Å². The summed E-state index contributed by atoms with van der Waals surface area (Å²) < 4.78 is 12.0. The quantitative estimate of drug-likeness (QED) is 0.414. The maximum absolute atomic E-state index is 12.8. The summed E-state index contributed by atoms with van der Waals surface area (Å²) in [6.07, 6.45) is 9.52. The fourth-order valence-electron chi connectivity index (χ4n) is 5.55. The molecule has 9 heteroatoms. The van der Waals surface area contributed by atoms with Gasteiger partial charge in [-0.2, -0.15) is 0 Å². The molecule has 1 aromatic carbocycles. The van der Waals surface area contributed by atoms with E-state index in [1.165, 1.54) is 12.8 Å². The highest BCUT2D eigenvalue weighted by molar-refractivity contribution is 5.92. The van der Waals surface area contributed by atoms with Gasteiger partial charge in [-0.05, 0) is 44.9 Å². The first-order chi connectivity index (χ1) is 18.6. The summed E-state index contributed by atoms with van der Waals surface area (Å²) in [6, 6.07) is 7.86. The Morgan fingerprint density at radius 2 is 1.79 bits per heavy atom. The smallest absolute Gasteiger partial charge is 0.225 e. The van der Waals surface area contributed by atoms with Crippen LogP contribution in [0.3, 0.4) is 0 Å². The molecule has 202 valence electrons. The highest BCUT2D eigenvalue weighted by atomic mass is 16.5. The second-order valence-electron chi connectivity index (χ2n) is 10.1. The second kappa shape index (κ2) is 11.8. The number of anilines is 3. The van der Waals surface area contributed by atoms with E-state index in [2.05, 4.69) is 39.0 Å². The first kappa shape index (κ1) is 26.0. The number of pyridine rings is 1. The molecule has 1 aliphatic carbocycles. The molecule has 1 N–H and O–H groups in total. The van der Waals surface area contributed by atoms with Crippen molar-refractivity contribution in [1.82, 2.24) is 19.9 Å². The lowest BCUT2D eigenvalue weighted by Crippen LogP contribution is -2.44. The van der Waals surface area contributed by atoms with Crippen LogP contribution in [-0.2, 0) is 4.79 Å². The lowest BCUT2D eigenvalue weighted by molar-refractivity contribution is -0.137. The maximum Gasteiger partial charge on any atom is 0.225 e. The van der Waals surface area contributed by atoms with Gasteiger partial charge in [-0.3, -0.25) is 4.79 Å². The average molecular weight is 519 g/mol. The number of piperidine rings is 1. The Morgan fingerprint density at radius 3 is 2.50 bits per heavy atom. The van der Waals surface area contributed by atoms with Gasteiger partial charge in [0.1, 0.15) is 24.1 Å². The number of rotatable bonds is 9. The number of benzene rings is 1. The molecular formula is C29H38N6O3. The third kappa shape index (κ3) is 5.61. The number of hydrogen-bond acceptors (Lipinski definition) is 8. The third-order valence-corrected chi connectivity index (χ3v) is 7.77. The Labute approximate surface area is 224 Å². The van der Waals surface area contributed by atoms with Crippen LogP contribution >= 0.6 is 0 Å². The number of carbonyl (C=O) groups excluding carboxylic acids is 1. The summed E-state index contributed by atoms with van der Waals surface area (Å²) in [5.41, 5.74) is 1.62. The predicted octanol–water partition coefficient (Wildman–Crippen LogP) is 5.18. The Balaban J connectivity index is 1.26. The van der Waals surface area contributed by atoms with Gasteiger partial charge >= 0.3 is 0 Å². The Kier molecular flexibility index (Phi) is 8.10. The molecule has 0 atom stereocenters. The minimum atomic E-state index is 0.0622. The molecule has 1 aliphatic heterocycles. The minimum absolute atomic E-state index is 0.0622. The normalized spacial score (nSPS) is 16.6. The fourth-order valence-corrected chi connectivity index (χ4v) is 5.55. The first-order valence-electron chi connectivity index (χ1n) is 13.9. The lowest BCUT2D eigenvalue weighted by Gasteiger charge is -2.34. The summed E-state index contributed by atoms with van der Waals surface area (Å²) in [4.78, 5) is 30.5. The Bertz CT molecular complexity index is 1250. The van der Waals surface area contributed by atoms with Crippen molar-refractivity contribution < 1.29 is 14.3 Å². The van der Waals surface area contributed by atoms with Gasteiger partial charge in [-0.25, -0.2) is 15.0 Å². The van der Waals surface area contributed by atoms with Gasteiger partial charge < -0.3 is 24.6 Å². The molecule has 2 aromatic heterocycles. The number of hydrogen-bond donors (Lipinski definition) is 1. The third-order valence-electron chi connectivity index (χ3n) is 7.77. The van der Waals surface area contributed by atoms with Crippen molar-refractivity contribution in [2.45, 2.75) is 58.5 Å². The summed E-state index contributed by atoms with van der Waals surface area (Å²) >= 11 is 0. The van der Waals surface area contributed by atoms with E-state index < -0.39 is 0 Å². The average Bonchev–Trinajstić information content (AvgIpc) is 3.50. The summed E-state index contributed by atoms with van der Waals surface area (Å²) in [7, 11) is 1.65. The van der Waals surface area contributed by atoms with Gasteiger partial charge in [0.15, 0.2) is 11.5 Å². The molecule has 3 aromatic rings. The fraction of sp³-hybridized carbons (Fsp3) is 0.517. The molecule has 1 amide bonds. The van der Waals surface area contributed by atoms with Crippen LogP contribution in [0.15, 0.2) is 36.8 Å². The van der Waals surface area contributed by atoms with E-state index in [9.17, 15) is 4.79 Å². The predicted molar refractivity (Wildman–Crippen MR) is 149 cm³/mol. The van der Waals surface area contributed by atoms with Crippen LogP contribution in [0.2, 0.25) is 0 Å². The largest absolute Gasteiger partial charge is 0.493 e. The second-order valence-corrected chi connectivity index (χ2v) is 10.1. The molecule has 2 fully saturated rings. The molecule has 9 nitrogen and oxygen atoms in total. The molecule has 0 unspecified atom stereocenters. The van der Waals surface area contributed by atoms with Crippen molar-refractivity contribution in [2.24, 2.45) is 5.92 Å². The van der Waals surface area contributed by atoms with Crippen molar-refractivity contribution in [3.05, 3.63) is 36.8 Å². The number of nitrogens with zero attached hydrogens (tertiary/aromatic N) is 5. The van der Waals surface area contributed by atoms with E-state index >= 15 is 0 Å². The molecule has 5 rings (SSSR count). The van der Waals surface area contributed by atoms with Crippen molar-refractivity contribution in [1.29, 1.82) is 0 Å². The van der Waals surface area contributed by atoms with Crippen LogP contribution in [-0.4, -0.2) is 65.2 Å². The van der Waals surface area contributed by atoms with Gasteiger partial charge in [-0.1, -0.05) is 12.8 Å². The highest BCUT2D eigenvalue weighted by Crippen LogP contribution is 2.35.